The van der Waals surface area contributed by atoms with Gasteiger partial charge in [0.2, 0.25) is 0 Å². The third-order valence-corrected chi connectivity index (χ3v) is 2.76. The number of rotatable bonds is 7. The Balaban J connectivity index is 3.52. The molecule has 0 heterocycles. The van der Waals surface area contributed by atoms with Crippen LogP contribution in [0.2, 0.25) is 0 Å². The summed E-state index contributed by atoms with van der Waals surface area (Å²) in [7, 11) is 0. The van der Waals surface area contributed by atoms with Crippen LogP contribution in [0.1, 0.15) is 53.4 Å². The van der Waals surface area contributed by atoms with Crippen molar-refractivity contribution >= 4 is 0 Å². The Bertz CT molecular complexity index is 227. The van der Waals surface area contributed by atoms with E-state index in [1.165, 1.54) is 0 Å². The molecule has 0 spiro atoms. The molecular formula is C13H26N2O. The molecule has 16 heavy (non-hydrogen) atoms. The highest BCUT2D eigenvalue weighted by Crippen LogP contribution is 2.18. The Morgan fingerprint density at radius 2 is 1.81 bits per heavy atom. The van der Waals surface area contributed by atoms with Gasteiger partial charge in [-0.05, 0) is 31.1 Å². The Morgan fingerprint density at radius 1 is 1.19 bits per heavy atom. The highest BCUT2D eigenvalue weighted by Gasteiger charge is 2.20. The van der Waals surface area contributed by atoms with E-state index >= 15 is 0 Å². The number of ether oxygens (including phenoxy) is 1. The normalized spacial score (nSPS) is 15.5. The van der Waals surface area contributed by atoms with Crippen molar-refractivity contribution in [3.63, 3.8) is 0 Å². The number of nitrogens with two attached hydrogens (primary N) is 1. The molecular weight excluding hydrogens is 200 g/mol. The molecule has 0 aromatic carbocycles. The number of nitrogens with zero attached hydrogens (tertiary/aromatic N) is 1. The van der Waals surface area contributed by atoms with Crippen molar-refractivity contribution in [2.75, 3.05) is 13.2 Å². The lowest BCUT2D eigenvalue weighted by Gasteiger charge is -2.20. The molecule has 94 valence electrons. The first-order valence-corrected chi connectivity index (χ1v) is 6.11. The lowest BCUT2D eigenvalue weighted by Crippen LogP contribution is -2.37. The van der Waals surface area contributed by atoms with Crippen molar-refractivity contribution in [3.8, 4) is 6.07 Å². The van der Waals surface area contributed by atoms with Gasteiger partial charge >= 0.3 is 0 Å². The van der Waals surface area contributed by atoms with Crippen molar-refractivity contribution < 1.29 is 4.74 Å². The van der Waals surface area contributed by atoms with Gasteiger partial charge in [0.05, 0.1) is 6.07 Å². The summed E-state index contributed by atoms with van der Waals surface area (Å²) in [4.78, 5) is 0. The van der Waals surface area contributed by atoms with Crippen LogP contribution >= 0.6 is 0 Å². The second kappa shape index (κ2) is 6.88. The van der Waals surface area contributed by atoms with Gasteiger partial charge in [0.25, 0.3) is 0 Å². The number of hydrogen-bond acceptors (Lipinski definition) is 3. The smallest absolute Gasteiger partial charge is 0.104 e. The molecule has 0 fully saturated rings. The molecule has 2 N–H and O–H groups in total. The molecule has 0 saturated heterocycles. The summed E-state index contributed by atoms with van der Waals surface area (Å²) in [5, 5.41) is 8.88. The highest BCUT2D eigenvalue weighted by molar-refractivity contribution is 5.03. The Hall–Kier alpha value is -0.590. The summed E-state index contributed by atoms with van der Waals surface area (Å²) in [6.45, 7) is 10.1. The number of hydrogen-bond donors (Lipinski definition) is 1. The fraction of sp³-hybridized carbons (Fsp3) is 0.923. The minimum Gasteiger partial charge on any atom is -0.381 e. The molecule has 0 aromatic heterocycles. The largest absolute Gasteiger partial charge is 0.381 e. The summed E-state index contributed by atoms with van der Waals surface area (Å²) in [6, 6.07) is 2.17. The van der Waals surface area contributed by atoms with Crippen molar-refractivity contribution in [1.82, 2.24) is 0 Å². The third kappa shape index (κ3) is 7.67. The second-order valence-electron chi connectivity index (χ2n) is 5.65. The molecule has 0 aliphatic rings. The first-order chi connectivity index (χ1) is 7.33. The van der Waals surface area contributed by atoms with E-state index in [9.17, 15) is 0 Å². The predicted molar refractivity (Wildman–Crippen MR) is 66.9 cm³/mol. The Kier molecular flexibility index (Phi) is 6.62. The maximum atomic E-state index is 8.88. The monoisotopic (exact) mass is 226 g/mol. The molecule has 0 aromatic rings. The van der Waals surface area contributed by atoms with Gasteiger partial charge in [0.15, 0.2) is 0 Å². The molecule has 0 aliphatic carbocycles. The van der Waals surface area contributed by atoms with E-state index in [0.29, 0.717) is 18.4 Å². The molecule has 3 nitrogen and oxygen atoms in total. The third-order valence-electron chi connectivity index (χ3n) is 2.76. The Labute approximate surface area is 100.0 Å². The van der Waals surface area contributed by atoms with Gasteiger partial charge in [-0.2, -0.15) is 5.26 Å². The van der Waals surface area contributed by atoms with Gasteiger partial charge in [-0.1, -0.05) is 27.7 Å². The van der Waals surface area contributed by atoms with Gasteiger partial charge in [-0.15, -0.1) is 0 Å². The first-order valence-electron chi connectivity index (χ1n) is 6.11. The fourth-order valence-electron chi connectivity index (χ4n) is 1.28. The van der Waals surface area contributed by atoms with Crippen LogP contribution in [0.15, 0.2) is 0 Å². The maximum Gasteiger partial charge on any atom is 0.104 e. The number of nitriles is 1. The first kappa shape index (κ1) is 15.4. The van der Waals surface area contributed by atoms with Crippen LogP contribution < -0.4 is 5.73 Å². The molecule has 0 amide bonds. The summed E-state index contributed by atoms with van der Waals surface area (Å²) in [6.07, 6.45) is 3.34. The van der Waals surface area contributed by atoms with E-state index < -0.39 is 5.54 Å². The molecule has 0 aliphatic heterocycles. The predicted octanol–water partition coefficient (Wildman–Crippen LogP) is 2.85. The molecule has 3 heteroatoms. The van der Waals surface area contributed by atoms with Crippen LogP contribution in [-0.2, 0) is 4.74 Å². The summed E-state index contributed by atoms with van der Waals surface area (Å²) >= 11 is 0. The lowest BCUT2D eigenvalue weighted by atomic mass is 9.93. The van der Waals surface area contributed by atoms with E-state index in [1.54, 1.807) is 0 Å². The van der Waals surface area contributed by atoms with Crippen molar-refractivity contribution in [2.24, 2.45) is 11.1 Å². The SMILES string of the molecule is CCC(N)(C#N)CCCOCCC(C)(C)C. The van der Waals surface area contributed by atoms with E-state index in [4.69, 9.17) is 15.7 Å². The van der Waals surface area contributed by atoms with Crippen LogP contribution in [0.5, 0.6) is 0 Å². The van der Waals surface area contributed by atoms with E-state index in [0.717, 1.165) is 25.9 Å². The topological polar surface area (TPSA) is 59.0 Å². The zero-order chi connectivity index (χ0) is 12.7. The van der Waals surface area contributed by atoms with Crippen LogP contribution in [0, 0.1) is 16.7 Å². The van der Waals surface area contributed by atoms with Gasteiger partial charge in [0.1, 0.15) is 5.54 Å². The van der Waals surface area contributed by atoms with Crippen LogP contribution in [-0.4, -0.2) is 18.8 Å². The van der Waals surface area contributed by atoms with Gasteiger partial charge < -0.3 is 10.5 Å². The molecule has 1 unspecified atom stereocenters. The summed E-state index contributed by atoms with van der Waals surface area (Å²) in [5.41, 5.74) is 5.53. The quantitative estimate of drug-likeness (QED) is 0.679. The van der Waals surface area contributed by atoms with E-state index in [-0.39, 0.29) is 0 Å². The van der Waals surface area contributed by atoms with Crippen molar-refractivity contribution in [3.05, 3.63) is 0 Å². The molecule has 0 rings (SSSR count). The lowest BCUT2D eigenvalue weighted by molar-refractivity contribution is 0.103. The van der Waals surface area contributed by atoms with Gasteiger partial charge in [-0.3, -0.25) is 0 Å². The molecule has 0 saturated carbocycles. The molecule has 1 atom stereocenters. The molecule has 0 radical (unpaired) electrons. The van der Waals surface area contributed by atoms with Gasteiger partial charge in [-0.25, -0.2) is 0 Å². The van der Waals surface area contributed by atoms with Crippen molar-refractivity contribution in [1.29, 1.82) is 5.26 Å². The minimum absolute atomic E-state index is 0.327. The van der Waals surface area contributed by atoms with E-state index in [2.05, 4.69) is 26.8 Å². The Morgan fingerprint density at radius 3 is 2.25 bits per heavy atom. The fourth-order valence-corrected chi connectivity index (χ4v) is 1.28. The van der Waals surface area contributed by atoms with Crippen LogP contribution in [0.4, 0.5) is 0 Å². The van der Waals surface area contributed by atoms with Crippen LogP contribution in [0.3, 0.4) is 0 Å². The zero-order valence-electron chi connectivity index (χ0n) is 11.2. The standard InChI is InChI=1S/C13H26N2O/c1-5-13(15,11-14)7-6-9-16-10-8-12(2,3)4/h5-10,15H2,1-4H3. The average Bonchev–Trinajstić information content (AvgIpc) is 2.21. The van der Waals surface area contributed by atoms with Crippen molar-refractivity contribution in [2.45, 2.75) is 58.9 Å². The second-order valence-corrected chi connectivity index (χ2v) is 5.65. The highest BCUT2D eigenvalue weighted by atomic mass is 16.5. The minimum atomic E-state index is -0.659. The summed E-state index contributed by atoms with van der Waals surface area (Å²) in [5.74, 6) is 0. The maximum absolute atomic E-state index is 8.88. The zero-order valence-corrected chi connectivity index (χ0v) is 11.2. The summed E-state index contributed by atoms with van der Waals surface area (Å²) < 4.78 is 5.53. The van der Waals surface area contributed by atoms with Gasteiger partial charge in [0, 0.05) is 13.2 Å². The van der Waals surface area contributed by atoms with Crippen LogP contribution in [0.25, 0.3) is 0 Å². The molecule has 0 bridgehead atoms. The van der Waals surface area contributed by atoms with E-state index in [1.807, 2.05) is 6.92 Å². The average molecular weight is 226 g/mol.